The van der Waals surface area contributed by atoms with Crippen LogP contribution in [0.2, 0.25) is 0 Å². The van der Waals surface area contributed by atoms with E-state index in [1.54, 1.807) is 34.7 Å². The van der Waals surface area contributed by atoms with Gasteiger partial charge < -0.3 is 4.90 Å². The molecule has 0 saturated carbocycles. The lowest BCUT2D eigenvalue weighted by Gasteiger charge is -2.27. The van der Waals surface area contributed by atoms with Crippen molar-refractivity contribution in [3.8, 4) is 9.88 Å². The number of fused-ring (bicyclic) bond motifs is 1. The van der Waals surface area contributed by atoms with Crippen LogP contribution in [0.3, 0.4) is 0 Å². The number of aromatic nitrogens is 3. The van der Waals surface area contributed by atoms with Gasteiger partial charge in [0, 0.05) is 43.6 Å². The summed E-state index contributed by atoms with van der Waals surface area (Å²) in [5, 5.41) is 8.93. The van der Waals surface area contributed by atoms with Gasteiger partial charge in [-0.3, -0.25) is 9.59 Å². The highest BCUT2D eigenvalue weighted by molar-refractivity contribution is 7.20. The monoisotopic (exact) mass is 358 g/mol. The van der Waals surface area contributed by atoms with Crippen LogP contribution in [0.15, 0.2) is 33.8 Å². The Bertz CT molecular complexity index is 959. The van der Waals surface area contributed by atoms with E-state index in [1.807, 2.05) is 17.5 Å². The number of thiophene rings is 1. The number of thiazole rings is 1. The van der Waals surface area contributed by atoms with E-state index in [1.165, 1.54) is 16.0 Å². The predicted octanol–water partition coefficient (Wildman–Crippen LogP) is 2.16. The summed E-state index contributed by atoms with van der Waals surface area (Å²) in [6.45, 7) is 0.992. The predicted molar refractivity (Wildman–Crippen MR) is 93.3 cm³/mol. The molecule has 3 aromatic heterocycles. The first-order valence-corrected chi connectivity index (χ1v) is 9.22. The molecule has 0 fully saturated rings. The third kappa shape index (κ3) is 2.67. The van der Waals surface area contributed by atoms with Crippen LogP contribution in [-0.4, -0.2) is 32.1 Å². The van der Waals surface area contributed by atoms with Crippen LogP contribution in [0.5, 0.6) is 0 Å². The molecule has 0 radical (unpaired) electrons. The maximum absolute atomic E-state index is 12.7. The molecule has 0 N–H and O–H groups in total. The van der Waals surface area contributed by atoms with Crippen LogP contribution in [0, 0.1) is 0 Å². The number of aryl methyl sites for hydroxylation is 1. The van der Waals surface area contributed by atoms with Gasteiger partial charge in [0.15, 0.2) is 0 Å². The van der Waals surface area contributed by atoms with Gasteiger partial charge in [-0.1, -0.05) is 6.07 Å². The van der Waals surface area contributed by atoms with Crippen LogP contribution in [0.1, 0.15) is 21.7 Å². The lowest BCUT2D eigenvalue weighted by atomic mass is 10.1. The second kappa shape index (κ2) is 5.95. The average Bonchev–Trinajstić information content (AvgIpc) is 3.26. The molecule has 0 aliphatic carbocycles. The molecule has 4 heterocycles. The van der Waals surface area contributed by atoms with Gasteiger partial charge in [0.2, 0.25) is 0 Å². The fraction of sp³-hybridized carbons (Fsp3) is 0.250. The van der Waals surface area contributed by atoms with Crippen LogP contribution >= 0.6 is 22.7 Å². The van der Waals surface area contributed by atoms with Gasteiger partial charge in [0.05, 0.1) is 10.6 Å². The topological polar surface area (TPSA) is 68.1 Å². The van der Waals surface area contributed by atoms with E-state index in [4.69, 9.17) is 0 Å². The van der Waals surface area contributed by atoms with Crippen molar-refractivity contribution in [3.63, 3.8) is 0 Å². The smallest absolute Gasteiger partial charge is 0.273 e. The molecular weight excluding hydrogens is 344 g/mol. The Morgan fingerprint density at radius 2 is 2.21 bits per heavy atom. The minimum atomic E-state index is -0.156. The van der Waals surface area contributed by atoms with E-state index in [0.29, 0.717) is 25.2 Å². The van der Waals surface area contributed by atoms with E-state index < -0.39 is 0 Å². The van der Waals surface area contributed by atoms with Crippen molar-refractivity contribution >= 4 is 28.6 Å². The molecule has 1 amide bonds. The first-order valence-electron chi connectivity index (χ1n) is 7.46. The maximum Gasteiger partial charge on any atom is 0.273 e. The fourth-order valence-electron chi connectivity index (χ4n) is 2.71. The largest absolute Gasteiger partial charge is 0.332 e. The zero-order chi connectivity index (χ0) is 16.7. The summed E-state index contributed by atoms with van der Waals surface area (Å²) >= 11 is 3.08. The van der Waals surface area contributed by atoms with Gasteiger partial charge in [0.1, 0.15) is 10.7 Å². The third-order valence-corrected chi connectivity index (χ3v) is 5.86. The van der Waals surface area contributed by atoms with Crippen molar-refractivity contribution in [2.24, 2.45) is 7.05 Å². The van der Waals surface area contributed by atoms with E-state index in [9.17, 15) is 9.59 Å². The molecule has 24 heavy (non-hydrogen) atoms. The fourth-order valence-corrected chi connectivity index (χ4v) is 4.32. The van der Waals surface area contributed by atoms with Crippen molar-refractivity contribution in [3.05, 3.63) is 56.3 Å². The Hall–Kier alpha value is -2.32. The summed E-state index contributed by atoms with van der Waals surface area (Å²) in [5.41, 5.74) is 2.02. The van der Waals surface area contributed by atoms with Crippen molar-refractivity contribution in [2.75, 3.05) is 6.54 Å². The lowest BCUT2D eigenvalue weighted by molar-refractivity contribution is 0.0727. The molecule has 4 rings (SSSR count). The molecule has 1 aliphatic rings. The van der Waals surface area contributed by atoms with E-state index >= 15 is 0 Å². The number of amides is 1. The summed E-state index contributed by atoms with van der Waals surface area (Å²) in [7, 11) is 1.64. The Kier molecular flexibility index (Phi) is 3.78. The van der Waals surface area contributed by atoms with E-state index in [0.717, 1.165) is 21.1 Å². The number of carbonyl (C=O) groups excluding carboxylic acids is 1. The van der Waals surface area contributed by atoms with E-state index in [-0.39, 0.29) is 11.5 Å². The Labute approximate surface area is 146 Å². The molecule has 0 bridgehead atoms. The molecule has 0 unspecified atom stereocenters. The van der Waals surface area contributed by atoms with Crippen molar-refractivity contribution in [2.45, 2.75) is 13.0 Å². The summed E-state index contributed by atoms with van der Waals surface area (Å²) in [6.07, 6.45) is 0.650. The summed E-state index contributed by atoms with van der Waals surface area (Å²) in [6, 6.07) is 5.54. The van der Waals surface area contributed by atoms with Crippen molar-refractivity contribution in [1.82, 2.24) is 19.7 Å². The number of nitrogens with zero attached hydrogens (tertiary/aromatic N) is 4. The summed E-state index contributed by atoms with van der Waals surface area (Å²) < 4.78 is 1.34. The van der Waals surface area contributed by atoms with Crippen LogP contribution < -0.4 is 5.56 Å². The van der Waals surface area contributed by atoms with Gasteiger partial charge in [-0.25, -0.2) is 9.67 Å². The van der Waals surface area contributed by atoms with Gasteiger partial charge in [0.25, 0.3) is 11.5 Å². The van der Waals surface area contributed by atoms with E-state index in [2.05, 4.69) is 10.1 Å². The van der Waals surface area contributed by atoms with Crippen molar-refractivity contribution < 1.29 is 4.79 Å². The molecule has 6 nitrogen and oxygen atoms in total. The molecule has 0 atom stereocenters. The second-order valence-corrected chi connectivity index (χ2v) is 7.38. The SMILES string of the molecule is Cn1nc2c(cc1=O)CN(C(=O)c1csc(-c3cccs3)n1)CC2. The summed E-state index contributed by atoms with van der Waals surface area (Å²) in [4.78, 5) is 31.7. The Morgan fingerprint density at radius 3 is 3.00 bits per heavy atom. The zero-order valence-electron chi connectivity index (χ0n) is 12.9. The normalized spacial score (nSPS) is 13.8. The molecule has 0 saturated heterocycles. The number of carbonyl (C=O) groups is 1. The molecule has 0 spiro atoms. The Morgan fingerprint density at radius 1 is 1.33 bits per heavy atom. The first kappa shape index (κ1) is 15.2. The lowest BCUT2D eigenvalue weighted by Crippen LogP contribution is -2.38. The first-order chi connectivity index (χ1) is 11.6. The average molecular weight is 358 g/mol. The number of hydrogen-bond donors (Lipinski definition) is 0. The molecular formula is C16H14N4O2S2. The Balaban J connectivity index is 1.57. The molecule has 1 aliphatic heterocycles. The maximum atomic E-state index is 12.7. The van der Waals surface area contributed by atoms with Gasteiger partial charge in [-0.05, 0) is 11.4 Å². The summed E-state index contributed by atoms with van der Waals surface area (Å²) in [5.74, 6) is -0.0969. The minimum absolute atomic E-state index is 0.0969. The van der Waals surface area contributed by atoms with Crippen LogP contribution in [0.4, 0.5) is 0 Å². The number of rotatable bonds is 2. The standard InChI is InChI=1S/C16H14N4O2S2/c1-19-14(21)7-10-8-20(5-4-11(10)18-19)16(22)12-9-24-15(17-12)13-3-2-6-23-13/h2-3,6-7,9H,4-5,8H2,1H3. The van der Waals surface area contributed by atoms with Crippen LogP contribution in [0.25, 0.3) is 9.88 Å². The highest BCUT2D eigenvalue weighted by Gasteiger charge is 2.25. The van der Waals surface area contributed by atoms with Crippen LogP contribution in [-0.2, 0) is 20.0 Å². The zero-order valence-corrected chi connectivity index (χ0v) is 14.6. The quantitative estimate of drug-likeness (QED) is 0.704. The highest BCUT2D eigenvalue weighted by Crippen LogP contribution is 2.28. The third-order valence-electron chi connectivity index (χ3n) is 3.98. The van der Waals surface area contributed by atoms with Gasteiger partial charge in [-0.2, -0.15) is 5.10 Å². The molecule has 0 aromatic carbocycles. The minimum Gasteiger partial charge on any atom is -0.332 e. The molecule has 3 aromatic rings. The van der Waals surface area contributed by atoms with Gasteiger partial charge in [-0.15, -0.1) is 22.7 Å². The molecule has 8 heteroatoms. The second-order valence-electron chi connectivity index (χ2n) is 5.57. The molecule has 122 valence electrons. The highest BCUT2D eigenvalue weighted by atomic mass is 32.1. The van der Waals surface area contributed by atoms with Crippen molar-refractivity contribution in [1.29, 1.82) is 0 Å². The van der Waals surface area contributed by atoms with Gasteiger partial charge >= 0.3 is 0 Å². The number of hydrogen-bond acceptors (Lipinski definition) is 6.